The maximum absolute atomic E-state index is 12.3. The third-order valence-corrected chi connectivity index (χ3v) is 5.18. The summed E-state index contributed by atoms with van der Waals surface area (Å²) in [5.41, 5.74) is 0. The van der Waals surface area contributed by atoms with Crippen molar-refractivity contribution in [3.63, 3.8) is 0 Å². The topological polar surface area (TPSA) is 67.9 Å². The van der Waals surface area contributed by atoms with E-state index in [0.717, 1.165) is 32.8 Å². The molecule has 1 heterocycles. The van der Waals surface area contributed by atoms with Crippen molar-refractivity contribution in [3.8, 4) is 5.75 Å². The van der Waals surface area contributed by atoms with E-state index in [-0.39, 0.29) is 10.8 Å². The van der Waals surface area contributed by atoms with Gasteiger partial charge in [0.25, 0.3) is 0 Å². The molecular weight excluding hydrogens is 316 g/mol. The van der Waals surface area contributed by atoms with Crippen molar-refractivity contribution in [2.45, 2.75) is 18.7 Å². The van der Waals surface area contributed by atoms with Gasteiger partial charge in [-0.2, -0.15) is 0 Å². The first-order valence-corrected chi connectivity index (χ1v) is 9.52. The fourth-order valence-electron chi connectivity index (χ4n) is 2.51. The second kappa shape index (κ2) is 8.63. The lowest BCUT2D eigenvalue weighted by molar-refractivity contribution is 0.0321. The summed E-state index contributed by atoms with van der Waals surface area (Å²) in [6.45, 7) is 9.13. The van der Waals surface area contributed by atoms with Gasteiger partial charge in [0.05, 0.1) is 24.7 Å². The molecule has 1 atom stereocenters. The van der Waals surface area contributed by atoms with Gasteiger partial charge < -0.3 is 9.47 Å². The molecule has 1 aliphatic rings. The fourth-order valence-corrected chi connectivity index (χ4v) is 3.67. The van der Waals surface area contributed by atoms with E-state index in [0.29, 0.717) is 18.9 Å². The molecule has 1 N–H and O–H groups in total. The minimum atomic E-state index is -3.48. The summed E-state index contributed by atoms with van der Waals surface area (Å²) in [4.78, 5) is 2.57. The Morgan fingerprint density at radius 1 is 1.26 bits per heavy atom. The lowest BCUT2D eigenvalue weighted by Gasteiger charge is -2.29. The van der Waals surface area contributed by atoms with Gasteiger partial charge in [-0.25, -0.2) is 13.1 Å². The lowest BCUT2D eigenvalue weighted by atomic mass is 10.1. The number of morpholine rings is 1. The van der Waals surface area contributed by atoms with Crippen molar-refractivity contribution in [2.24, 2.45) is 5.92 Å². The third-order valence-electron chi connectivity index (χ3n) is 3.74. The molecule has 6 nitrogen and oxygen atoms in total. The van der Waals surface area contributed by atoms with E-state index in [1.807, 2.05) is 6.92 Å². The van der Waals surface area contributed by atoms with Gasteiger partial charge in [0.2, 0.25) is 10.0 Å². The van der Waals surface area contributed by atoms with Crippen LogP contribution in [0.5, 0.6) is 5.75 Å². The summed E-state index contributed by atoms with van der Waals surface area (Å²) < 4.78 is 38.0. The highest BCUT2D eigenvalue weighted by molar-refractivity contribution is 7.89. The van der Waals surface area contributed by atoms with E-state index >= 15 is 0 Å². The smallest absolute Gasteiger partial charge is 0.240 e. The molecule has 0 radical (unpaired) electrons. The lowest BCUT2D eigenvalue weighted by Crippen LogP contribution is -2.41. The molecule has 1 fully saturated rings. The first kappa shape index (κ1) is 18.2. The van der Waals surface area contributed by atoms with Gasteiger partial charge in [-0.15, -0.1) is 0 Å². The first-order valence-electron chi connectivity index (χ1n) is 8.04. The molecule has 1 aromatic rings. The van der Waals surface area contributed by atoms with Gasteiger partial charge in [0.1, 0.15) is 5.75 Å². The van der Waals surface area contributed by atoms with Crippen LogP contribution in [-0.4, -0.2) is 59.3 Å². The molecule has 23 heavy (non-hydrogen) atoms. The van der Waals surface area contributed by atoms with E-state index in [2.05, 4.69) is 16.5 Å². The zero-order valence-corrected chi connectivity index (χ0v) is 14.6. The molecule has 1 unspecified atom stereocenters. The number of sulfonamides is 1. The normalized spacial score (nSPS) is 17.8. The Kier molecular flexibility index (Phi) is 6.83. The van der Waals surface area contributed by atoms with Crippen LogP contribution in [0.2, 0.25) is 0 Å². The van der Waals surface area contributed by atoms with Crippen LogP contribution >= 0.6 is 0 Å². The second-order valence-corrected chi connectivity index (χ2v) is 7.54. The van der Waals surface area contributed by atoms with Crippen molar-refractivity contribution in [2.75, 3.05) is 46.0 Å². The molecular formula is C16H26N2O4S. The van der Waals surface area contributed by atoms with Crippen LogP contribution < -0.4 is 9.46 Å². The Balaban J connectivity index is 1.84. The third kappa shape index (κ3) is 5.76. The molecule has 0 aliphatic carbocycles. The number of rotatable bonds is 8. The molecule has 7 heteroatoms. The van der Waals surface area contributed by atoms with E-state index in [4.69, 9.17) is 9.47 Å². The van der Waals surface area contributed by atoms with Crippen LogP contribution in [0, 0.1) is 5.92 Å². The summed E-state index contributed by atoms with van der Waals surface area (Å²) in [5.74, 6) is 0.915. The molecule has 1 aliphatic heterocycles. The van der Waals surface area contributed by atoms with Crippen molar-refractivity contribution < 1.29 is 17.9 Å². The van der Waals surface area contributed by atoms with Crippen LogP contribution in [-0.2, 0) is 14.8 Å². The van der Waals surface area contributed by atoms with Crippen LogP contribution in [0.15, 0.2) is 29.2 Å². The van der Waals surface area contributed by atoms with E-state index in [9.17, 15) is 8.42 Å². The molecule has 0 saturated carbocycles. The number of nitrogens with one attached hydrogen (secondary N) is 1. The predicted molar refractivity (Wildman–Crippen MR) is 89.2 cm³/mol. The maximum Gasteiger partial charge on any atom is 0.240 e. The zero-order valence-electron chi connectivity index (χ0n) is 13.8. The fraction of sp³-hybridized carbons (Fsp3) is 0.625. The summed E-state index contributed by atoms with van der Waals surface area (Å²) in [6.07, 6.45) is 0. The molecule has 1 aromatic carbocycles. The second-order valence-electron chi connectivity index (χ2n) is 5.77. The van der Waals surface area contributed by atoms with E-state index in [1.54, 1.807) is 24.3 Å². The first-order chi connectivity index (χ1) is 11.0. The van der Waals surface area contributed by atoms with Gasteiger partial charge in [0, 0.05) is 26.2 Å². The Labute approximate surface area is 138 Å². The SMILES string of the molecule is CCOc1ccc(S(=O)(=O)NCC(C)CN2CCOCC2)cc1. The van der Waals surface area contributed by atoms with Crippen molar-refractivity contribution in [3.05, 3.63) is 24.3 Å². The molecule has 130 valence electrons. The molecule has 0 spiro atoms. The highest BCUT2D eigenvalue weighted by atomic mass is 32.2. The maximum atomic E-state index is 12.3. The summed E-state index contributed by atoms with van der Waals surface area (Å²) in [5, 5.41) is 0. The largest absolute Gasteiger partial charge is 0.494 e. The minimum Gasteiger partial charge on any atom is -0.494 e. The Morgan fingerprint density at radius 2 is 1.91 bits per heavy atom. The average Bonchev–Trinajstić information content (AvgIpc) is 2.55. The standard InChI is InChI=1S/C16H26N2O4S/c1-3-22-15-4-6-16(7-5-15)23(19,20)17-12-14(2)13-18-8-10-21-11-9-18/h4-7,14,17H,3,8-13H2,1-2H3. The predicted octanol–water partition coefficient (Wildman–Crippen LogP) is 1.33. The van der Waals surface area contributed by atoms with Gasteiger partial charge >= 0.3 is 0 Å². The highest BCUT2D eigenvalue weighted by Gasteiger charge is 2.18. The number of hydrogen-bond donors (Lipinski definition) is 1. The summed E-state index contributed by atoms with van der Waals surface area (Å²) >= 11 is 0. The van der Waals surface area contributed by atoms with E-state index in [1.165, 1.54) is 0 Å². The van der Waals surface area contributed by atoms with Crippen LogP contribution in [0.25, 0.3) is 0 Å². The van der Waals surface area contributed by atoms with Crippen molar-refractivity contribution >= 4 is 10.0 Å². The van der Waals surface area contributed by atoms with Gasteiger partial charge in [-0.3, -0.25) is 4.90 Å². The van der Waals surface area contributed by atoms with Crippen molar-refractivity contribution in [1.29, 1.82) is 0 Å². The highest BCUT2D eigenvalue weighted by Crippen LogP contribution is 2.16. The van der Waals surface area contributed by atoms with Crippen LogP contribution in [0.1, 0.15) is 13.8 Å². The molecule has 1 saturated heterocycles. The molecule has 0 bridgehead atoms. The number of hydrogen-bond acceptors (Lipinski definition) is 5. The summed E-state index contributed by atoms with van der Waals surface area (Å²) in [7, 11) is -3.48. The van der Waals surface area contributed by atoms with Gasteiger partial charge in [0.15, 0.2) is 0 Å². The van der Waals surface area contributed by atoms with Crippen LogP contribution in [0.4, 0.5) is 0 Å². The van der Waals surface area contributed by atoms with E-state index < -0.39 is 10.0 Å². The summed E-state index contributed by atoms with van der Waals surface area (Å²) in [6, 6.07) is 6.49. The van der Waals surface area contributed by atoms with Gasteiger partial charge in [-0.05, 0) is 37.1 Å². The molecule has 2 rings (SSSR count). The molecule has 0 aromatic heterocycles. The number of benzene rings is 1. The molecule has 0 amide bonds. The quantitative estimate of drug-likeness (QED) is 0.772. The average molecular weight is 342 g/mol. The van der Waals surface area contributed by atoms with Crippen molar-refractivity contribution in [1.82, 2.24) is 9.62 Å². The van der Waals surface area contributed by atoms with Crippen LogP contribution in [0.3, 0.4) is 0 Å². The monoisotopic (exact) mass is 342 g/mol. The zero-order chi connectivity index (χ0) is 16.7. The minimum absolute atomic E-state index is 0.241. The Morgan fingerprint density at radius 3 is 2.52 bits per heavy atom. The van der Waals surface area contributed by atoms with Gasteiger partial charge in [-0.1, -0.05) is 6.92 Å². The number of nitrogens with zero attached hydrogens (tertiary/aromatic N) is 1. The Hall–Kier alpha value is -1.15. The number of ether oxygens (including phenoxy) is 2. The Bertz CT molecular complexity index is 568.